The summed E-state index contributed by atoms with van der Waals surface area (Å²) in [6, 6.07) is 3.31. The Kier molecular flexibility index (Phi) is 6.27. The van der Waals surface area contributed by atoms with Crippen molar-refractivity contribution in [2.24, 2.45) is 0 Å². The summed E-state index contributed by atoms with van der Waals surface area (Å²) in [5.74, 6) is 1.08. The molecule has 1 fully saturated rings. The smallest absolute Gasteiger partial charge is 0.122 e. The van der Waals surface area contributed by atoms with Gasteiger partial charge in [0.05, 0.1) is 12.8 Å². The van der Waals surface area contributed by atoms with Crippen molar-refractivity contribution >= 4 is 0 Å². The summed E-state index contributed by atoms with van der Waals surface area (Å²) in [7, 11) is 2.25. The van der Waals surface area contributed by atoms with Gasteiger partial charge in [-0.3, -0.25) is 4.90 Å². The van der Waals surface area contributed by atoms with Gasteiger partial charge in [-0.05, 0) is 45.6 Å². The Hall–Kier alpha value is -0.840. The lowest BCUT2D eigenvalue weighted by Crippen LogP contribution is -2.43. The molecule has 0 bridgehead atoms. The van der Waals surface area contributed by atoms with Crippen LogP contribution in [-0.4, -0.2) is 48.6 Å². The molecule has 1 N–H and O–H groups in total. The van der Waals surface area contributed by atoms with Gasteiger partial charge in [-0.15, -0.1) is 0 Å². The number of rotatable bonds is 7. The molecule has 0 amide bonds. The van der Waals surface area contributed by atoms with Crippen LogP contribution in [0.25, 0.3) is 0 Å². The number of hydrogen-bond donors (Lipinski definition) is 1. The van der Waals surface area contributed by atoms with Gasteiger partial charge in [0.2, 0.25) is 0 Å². The maximum Gasteiger partial charge on any atom is 0.122 e. The average molecular weight is 293 g/mol. The topological polar surface area (TPSA) is 31.6 Å². The minimum atomic E-state index is 0.485. The summed E-state index contributed by atoms with van der Waals surface area (Å²) in [5, 5.41) is 3.44. The Morgan fingerprint density at radius 2 is 2.10 bits per heavy atom. The van der Waals surface area contributed by atoms with E-state index in [-0.39, 0.29) is 0 Å². The van der Waals surface area contributed by atoms with Crippen LogP contribution in [0.4, 0.5) is 0 Å². The van der Waals surface area contributed by atoms with Crippen LogP contribution in [0.15, 0.2) is 16.7 Å². The van der Waals surface area contributed by atoms with E-state index in [1.807, 2.05) is 6.26 Å². The third kappa shape index (κ3) is 4.83. The van der Waals surface area contributed by atoms with E-state index >= 15 is 0 Å². The first-order chi connectivity index (χ1) is 10.1. The molecule has 120 valence electrons. The van der Waals surface area contributed by atoms with E-state index < -0.39 is 0 Å². The number of nitrogens with zero attached hydrogens (tertiary/aromatic N) is 2. The van der Waals surface area contributed by atoms with E-state index in [0.717, 1.165) is 18.8 Å². The standard InChI is InChI=1S/C17H31N3O/c1-5-20-9-6-16(7-10-20)19(4)13-15-8-11-21-17(15)12-18-14(2)3/h8,11,14,16,18H,5-7,9-10,12-13H2,1-4H3. The van der Waals surface area contributed by atoms with E-state index in [9.17, 15) is 0 Å². The number of hydrogen-bond acceptors (Lipinski definition) is 4. The molecule has 1 aromatic heterocycles. The van der Waals surface area contributed by atoms with Crippen molar-refractivity contribution in [2.75, 3.05) is 26.7 Å². The predicted octanol–water partition coefficient (Wildman–Crippen LogP) is 2.69. The first kappa shape index (κ1) is 16.5. The average Bonchev–Trinajstić information content (AvgIpc) is 2.92. The van der Waals surface area contributed by atoms with Crippen molar-refractivity contribution in [1.29, 1.82) is 0 Å². The normalized spacial score (nSPS) is 18.0. The fraction of sp³-hybridized carbons (Fsp3) is 0.765. The summed E-state index contributed by atoms with van der Waals surface area (Å²) in [4.78, 5) is 5.04. The van der Waals surface area contributed by atoms with Crippen LogP contribution >= 0.6 is 0 Å². The zero-order valence-electron chi connectivity index (χ0n) is 14.1. The SMILES string of the molecule is CCN1CCC(N(C)Cc2ccoc2CNC(C)C)CC1. The van der Waals surface area contributed by atoms with Gasteiger partial charge in [0.25, 0.3) is 0 Å². The highest BCUT2D eigenvalue weighted by atomic mass is 16.3. The van der Waals surface area contributed by atoms with Gasteiger partial charge < -0.3 is 14.6 Å². The highest BCUT2D eigenvalue weighted by Gasteiger charge is 2.22. The zero-order chi connectivity index (χ0) is 15.2. The first-order valence-electron chi connectivity index (χ1n) is 8.31. The van der Waals surface area contributed by atoms with Gasteiger partial charge in [0.1, 0.15) is 5.76 Å². The Labute approximate surface area is 129 Å². The van der Waals surface area contributed by atoms with Crippen LogP contribution in [-0.2, 0) is 13.1 Å². The lowest BCUT2D eigenvalue weighted by molar-refractivity contribution is 0.126. The third-order valence-electron chi connectivity index (χ3n) is 4.56. The Morgan fingerprint density at radius 3 is 2.71 bits per heavy atom. The molecule has 0 spiro atoms. The van der Waals surface area contributed by atoms with Gasteiger partial charge in [-0.1, -0.05) is 20.8 Å². The highest BCUT2D eigenvalue weighted by molar-refractivity contribution is 5.17. The molecule has 0 unspecified atom stereocenters. The quantitative estimate of drug-likeness (QED) is 0.837. The lowest BCUT2D eigenvalue weighted by atomic mass is 10.0. The fourth-order valence-corrected chi connectivity index (χ4v) is 3.03. The summed E-state index contributed by atoms with van der Waals surface area (Å²) in [5.41, 5.74) is 1.32. The van der Waals surface area contributed by atoms with Gasteiger partial charge in [-0.2, -0.15) is 0 Å². The van der Waals surface area contributed by atoms with E-state index in [1.165, 1.54) is 38.0 Å². The maximum atomic E-state index is 5.64. The molecule has 0 saturated carbocycles. The lowest BCUT2D eigenvalue weighted by Gasteiger charge is -2.36. The Balaban J connectivity index is 1.85. The molecule has 1 saturated heterocycles. The number of likely N-dealkylation sites (tertiary alicyclic amines) is 1. The molecule has 21 heavy (non-hydrogen) atoms. The molecule has 1 aliphatic rings. The van der Waals surface area contributed by atoms with Crippen LogP contribution in [0, 0.1) is 0 Å². The Morgan fingerprint density at radius 1 is 1.38 bits per heavy atom. The minimum Gasteiger partial charge on any atom is -0.468 e. The molecule has 2 heterocycles. The second-order valence-corrected chi connectivity index (χ2v) is 6.49. The summed E-state index contributed by atoms with van der Waals surface area (Å²) in [6.07, 6.45) is 4.38. The fourth-order valence-electron chi connectivity index (χ4n) is 3.03. The first-order valence-corrected chi connectivity index (χ1v) is 8.31. The third-order valence-corrected chi connectivity index (χ3v) is 4.56. The van der Waals surface area contributed by atoms with E-state index in [2.05, 4.69) is 49.0 Å². The van der Waals surface area contributed by atoms with Crippen LogP contribution in [0.1, 0.15) is 44.9 Å². The van der Waals surface area contributed by atoms with E-state index in [4.69, 9.17) is 4.42 Å². The predicted molar refractivity (Wildman–Crippen MR) is 87.3 cm³/mol. The molecule has 0 aromatic carbocycles. The van der Waals surface area contributed by atoms with Crippen molar-refractivity contribution in [3.05, 3.63) is 23.7 Å². The van der Waals surface area contributed by atoms with Gasteiger partial charge in [0.15, 0.2) is 0 Å². The van der Waals surface area contributed by atoms with Crippen molar-refractivity contribution in [2.45, 2.75) is 58.8 Å². The van der Waals surface area contributed by atoms with Gasteiger partial charge in [0, 0.05) is 24.2 Å². The largest absolute Gasteiger partial charge is 0.468 e. The van der Waals surface area contributed by atoms with E-state index in [0.29, 0.717) is 12.1 Å². The molecule has 4 nitrogen and oxygen atoms in total. The van der Waals surface area contributed by atoms with Crippen molar-refractivity contribution in [1.82, 2.24) is 15.1 Å². The number of piperidine rings is 1. The molecule has 0 aliphatic carbocycles. The highest BCUT2D eigenvalue weighted by Crippen LogP contribution is 2.19. The minimum absolute atomic E-state index is 0.485. The second kappa shape index (κ2) is 7.97. The molecule has 1 aliphatic heterocycles. The number of nitrogens with one attached hydrogen (secondary N) is 1. The molecule has 2 rings (SSSR count). The van der Waals surface area contributed by atoms with Gasteiger partial charge in [-0.25, -0.2) is 0 Å². The van der Waals surface area contributed by atoms with Crippen LogP contribution < -0.4 is 5.32 Å². The summed E-state index contributed by atoms with van der Waals surface area (Å²) in [6.45, 7) is 12.0. The van der Waals surface area contributed by atoms with Crippen LogP contribution in [0.5, 0.6) is 0 Å². The van der Waals surface area contributed by atoms with E-state index in [1.54, 1.807) is 0 Å². The number of furan rings is 1. The van der Waals surface area contributed by atoms with Crippen LogP contribution in [0.3, 0.4) is 0 Å². The Bertz CT molecular complexity index is 408. The second-order valence-electron chi connectivity index (χ2n) is 6.49. The summed E-state index contributed by atoms with van der Waals surface area (Å²) >= 11 is 0. The maximum absolute atomic E-state index is 5.64. The molecular formula is C17H31N3O. The molecule has 4 heteroatoms. The van der Waals surface area contributed by atoms with Crippen molar-refractivity contribution in [3.63, 3.8) is 0 Å². The van der Waals surface area contributed by atoms with Crippen molar-refractivity contribution in [3.8, 4) is 0 Å². The molecule has 0 radical (unpaired) electrons. The monoisotopic (exact) mass is 293 g/mol. The van der Waals surface area contributed by atoms with Crippen molar-refractivity contribution < 1.29 is 4.42 Å². The molecule has 0 atom stereocenters. The molecular weight excluding hydrogens is 262 g/mol. The molecule has 1 aromatic rings. The van der Waals surface area contributed by atoms with Crippen LogP contribution in [0.2, 0.25) is 0 Å². The van der Waals surface area contributed by atoms with Gasteiger partial charge >= 0.3 is 0 Å². The summed E-state index contributed by atoms with van der Waals surface area (Å²) < 4.78 is 5.64. The zero-order valence-corrected chi connectivity index (χ0v) is 14.1.